The van der Waals surface area contributed by atoms with E-state index in [9.17, 15) is 9.59 Å². The van der Waals surface area contributed by atoms with Crippen molar-refractivity contribution in [3.8, 4) is 5.75 Å². The van der Waals surface area contributed by atoms with Gasteiger partial charge in [-0.15, -0.1) is 0 Å². The molecule has 0 atom stereocenters. The molecule has 0 aliphatic rings. The number of ether oxygens (including phenoxy) is 1. The van der Waals surface area contributed by atoms with Gasteiger partial charge in [-0.3, -0.25) is 9.59 Å². The quantitative estimate of drug-likeness (QED) is 0.187. The van der Waals surface area contributed by atoms with E-state index in [1.54, 1.807) is 6.21 Å². The first kappa shape index (κ1) is 26.7. The lowest BCUT2D eigenvalue weighted by Crippen LogP contribution is -2.34. The van der Waals surface area contributed by atoms with Gasteiger partial charge in [0.1, 0.15) is 5.75 Å². The SMILES string of the molecule is CCCCCCCCCCCC(=O)NCC(=O)N/N=C\c1ccc(OCCCC)cc1. The summed E-state index contributed by atoms with van der Waals surface area (Å²) >= 11 is 0. The molecule has 0 aliphatic carbocycles. The highest BCUT2D eigenvalue weighted by Crippen LogP contribution is 2.12. The van der Waals surface area contributed by atoms with Gasteiger partial charge in [-0.25, -0.2) is 5.43 Å². The highest BCUT2D eigenvalue weighted by atomic mass is 16.5. The number of hydrogen-bond donors (Lipinski definition) is 2. The van der Waals surface area contributed by atoms with Crippen LogP contribution in [0.4, 0.5) is 0 Å². The van der Waals surface area contributed by atoms with Crippen LogP contribution in [0.2, 0.25) is 0 Å². The number of unbranched alkanes of at least 4 members (excludes halogenated alkanes) is 9. The Morgan fingerprint density at radius 1 is 0.839 bits per heavy atom. The van der Waals surface area contributed by atoms with Gasteiger partial charge in [0.2, 0.25) is 5.91 Å². The second kappa shape index (κ2) is 18.4. The van der Waals surface area contributed by atoms with Crippen LogP contribution >= 0.6 is 0 Å². The fraction of sp³-hybridized carbons (Fsp3) is 0.640. The third kappa shape index (κ3) is 15.1. The van der Waals surface area contributed by atoms with E-state index in [0.29, 0.717) is 13.0 Å². The average Bonchev–Trinajstić information content (AvgIpc) is 2.78. The molecule has 31 heavy (non-hydrogen) atoms. The molecular formula is C25H41N3O3. The van der Waals surface area contributed by atoms with Gasteiger partial charge in [0.25, 0.3) is 5.91 Å². The number of nitrogens with one attached hydrogen (secondary N) is 2. The number of carbonyl (C=O) groups excluding carboxylic acids is 2. The summed E-state index contributed by atoms with van der Waals surface area (Å²) in [6.07, 6.45) is 15.1. The number of benzene rings is 1. The molecule has 2 amide bonds. The number of nitrogens with zero attached hydrogens (tertiary/aromatic N) is 1. The fourth-order valence-electron chi connectivity index (χ4n) is 3.07. The van der Waals surface area contributed by atoms with Gasteiger partial charge in [-0.05, 0) is 42.7 Å². The van der Waals surface area contributed by atoms with Crippen LogP contribution in [0.1, 0.15) is 96.5 Å². The molecule has 0 heterocycles. The van der Waals surface area contributed by atoms with E-state index in [4.69, 9.17) is 4.74 Å². The molecule has 6 heteroatoms. The molecule has 0 aliphatic heterocycles. The van der Waals surface area contributed by atoms with Crippen molar-refractivity contribution in [3.63, 3.8) is 0 Å². The molecule has 0 bridgehead atoms. The Balaban J connectivity index is 2.07. The van der Waals surface area contributed by atoms with Crippen LogP contribution in [-0.4, -0.2) is 31.2 Å². The predicted octanol–water partition coefficient (Wildman–Crippen LogP) is 5.35. The van der Waals surface area contributed by atoms with Gasteiger partial charge in [0, 0.05) is 6.42 Å². The van der Waals surface area contributed by atoms with Crippen molar-refractivity contribution < 1.29 is 14.3 Å². The van der Waals surface area contributed by atoms with Crippen LogP contribution in [-0.2, 0) is 9.59 Å². The van der Waals surface area contributed by atoms with E-state index in [-0.39, 0.29) is 18.4 Å². The highest BCUT2D eigenvalue weighted by molar-refractivity contribution is 5.86. The first-order valence-corrected chi connectivity index (χ1v) is 12.0. The number of carbonyl (C=O) groups is 2. The summed E-state index contributed by atoms with van der Waals surface area (Å²) in [6.45, 7) is 5.01. The fourth-order valence-corrected chi connectivity index (χ4v) is 3.07. The Morgan fingerprint density at radius 2 is 1.45 bits per heavy atom. The highest BCUT2D eigenvalue weighted by Gasteiger charge is 2.04. The first-order valence-electron chi connectivity index (χ1n) is 12.0. The van der Waals surface area contributed by atoms with Crippen LogP contribution in [0, 0.1) is 0 Å². The lowest BCUT2D eigenvalue weighted by Gasteiger charge is -2.05. The number of hydrogen-bond acceptors (Lipinski definition) is 4. The molecule has 0 fully saturated rings. The molecule has 1 aromatic carbocycles. The number of amides is 2. The summed E-state index contributed by atoms with van der Waals surface area (Å²) in [5, 5.41) is 6.58. The molecule has 0 radical (unpaired) electrons. The van der Waals surface area contributed by atoms with E-state index < -0.39 is 0 Å². The van der Waals surface area contributed by atoms with Crippen molar-refractivity contribution in [1.29, 1.82) is 0 Å². The maximum Gasteiger partial charge on any atom is 0.259 e. The minimum absolute atomic E-state index is 0.0577. The zero-order valence-corrected chi connectivity index (χ0v) is 19.5. The lowest BCUT2D eigenvalue weighted by molar-refractivity contribution is -0.126. The molecule has 0 spiro atoms. The summed E-state index contributed by atoms with van der Waals surface area (Å²) in [7, 11) is 0. The molecular weight excluding hydrogens is 390 g/mol. The molecule has 0 unspecified atom stereocenters. The molecule has 0 aromatic heterocycles. The number of rotatable bonds is 18. The van der Waals surface area contributed by atoms with Crippen molar-refractivity contribution in [3.05, 3.63) is 29.8 Å². The van der Waals surface area contributed by atoms with Crippen LogP contribution in [0.5, 0.6) is 5.75 Å². The molecule has 2 N–H and O–H groups in total. The third-order valence-corrected chi connectivity index (χ3v) is 5.00. The molecule has 174 valence electrons. The van der Waals surface area contributed by atoms with E-state index >= 15 is 0 Å². The Bertz CT molecular complexity index is 629. The van der Waals surface area contributed by atoms with Crippen LogP contribution < -0.4 is 15.5 Å². The van der Waals surface area contributed by atoms with Gasteiger partial charge in [0.05, 0.1) is 19.4 Å². The minimum atomic E-state index is -0.337. The summed E-state index contributed by atoms with van der Waals surface area (Å²) < 4.78 is 5.61. The lowest BCUT2D eigenvalue weighted by atomic mass is 10.1. The largest absolute Gasteiger partial charge is 0.494 e. The standard InChI is InChI=1S/C25H41N3O3/c1-3-5-7-8-9-10-11-12-13-14-24(29)26-21-25(30)28-27-20-22-15-17-23(18-16-22)31-19-6-4-2/h15-18,20H,3-14,19,21H2,1-2H3,(H,26,29)(H,28,30)/b27-20-. The second-order valence-electron chi connectivity index (χ2n) is 7.92. The monoisotopic (exact) mass is 431 g/mol. The second-order valence-corrected chi connectivity index (χ2v) is 7.92. The van der Waals surface area contributed by atoms with Crippen LogP contribution in [0.3, 0.4) is 0 Å². The summed E-state index contributed by atoms with van der Waals surface area (Å²) in [6, 6.07) is 7.52. The first-order chi connectivity index (χ1) is 15.2. The summed E-state index contributed by atoms with van der Waals surface area (Å²) in [4.78, 5) is 23.6. The van der Waals surface area contributed by atoms with E-state index in [1.165, 1.54) is 44.9 Å². The third-order valence-electron chi connectivity index (χ3n) is 5.00. The molecule has 0 saturated carbocycles. The zero-order chi connectivity index (χ0) is 22.6. The topological polar surface area (TPSA) is 79.8 Å². The molecule has 1 rings (SSSR count). The van der Waals surface area contributed by atoms with Gasteiger partial charge < -0.3 is 10.1 Å². The maximum atomic E-state index is 11.8. The van der Waals surface area contributed by atoms with Crippen molar-refractivity contribution in [2.75, 3.05) is 13.2 Å². The molecule has 6 nitrogen and oxygen atoms in total. The number of hydrazone groups is 1. The van der Waals surface area contributed by atoms with Crippen molar-refractivity contribution in [2.24, 2.45) is 5.10 Å². The van der Waals surface area contributed by atoms with Crippen molar-refractivity contribution in [2.45, 2.75) is 90.9 Å². The normalized spacial score (nSPS) is 10.9. The Kier molecular flexibility index (Phi) is 15.8. The van der Waals surface area contributed by atoms with Gasteiger partial charge >= 0.3 is 0 Å². The van der Waals surface area contributed by atoms with Crippen molar-refractivity contribution >= 4 is 18.0 Å². The average molecular weight is 432 g/mol. The smallest absolute Gasteiger partial charge is 0.259 e. The maximum absolute atomic E-state index is 11.8. The Morgan fingerprint density at radius 3 is 2.10 bits per heavy atom. The van der Waals surface area contributed by atoms with Gasteiger partial charge in [-0.2, -0.15) is 5.10 Å². The van der Waals surface area contributed by atoms with E-state index in [2.05, 4.69) is 29.7 Å². The molecule has 1 aromatic rings. The van der Waals surface area contributed by atoms with E-state index in [0.717, 1.165) is 37.0 Å². The zero-order valence-electron chi connectivity index (χ0n) is 19.5. The predicted molar refractivity (Wildman–Crippen MR) is 127 cm³/mol. The summed E-state index contributed by atoms with van der Waals surface area (Å²) in [5.74, 6) is 0.404. The van der Waals surface area contributed by atoms with Crippen LogP contribution in [0.25, 0.3) is 0 Å². The van der Waals surface area contributed by atoms with Crippen molar-refractivity contribution in [1.82, 2.24) is 10.7 Å². The Hall–Kier alpha value is -2.37. The summed E-state index contributed by atoms with van der Waals surface area (Å²) in [5.41, 5.74) is 3.29. The van der Waals surface area contributed by atoms with Gasteiger partial charge in [0.15, 0.2) is 0 Å². The Labute approximate surface area is 188 Å². The van der Waals surface area contributed by atoms with Gasteiger partial charge in [-0.1, -0.05) is 71.6 Å². The van der Waals surface area contributed by atoms with E-state index in [1.807, 2.05) is 24.3 Å². The van der Waals surface area contributed by atoms with Crippen LogP contribution in [0.15, 0.2) is 29.4 Å². The minimum Gasteiger partial charge on any atom is -0.494 e. The molecule has 0 saturated heterocycles.